The minimum atomic E-state index is -4.96. The predicted molar refractivity (Wildman–Crippen MR) is 143 cm³/mol. The topological polar surface area (TPSA) is 154 Å². The second-order valence-corrected chi connectivity index (χ2v) is 10.1. The summed E-state index contributed by atoms with van der Waals surface area (Å²) < 4.78 is 42.3. The maximum atomic E-state index is 13.3. The molecule has 2 aromatic heterocycles. The molecule has 1 saturated heterocycles. The standard InChI is InChI=1S/C26H24ClF3N8O4/c27-16-9-7-15(8-10-16)23-34-37(25(42)36(23)12-20(39)26(28,29)30)13-21-32-14-38(33-21)18-5-2-1-4-17(18)24(41)35-11-3-6-19(35)22(31)40/h1-2,4-5,7-10,14,19-20,39H,3,6,11-13H2,(H2,31,40)/t19-,20?/m0/s1. The molecule has 2 atom stereocenters. The molecule has 1 aliphatic heterocycles. The molecule has 3 N–H and O–H groups in total. The van der Waals surface area contributed by atoms with Gasteiger partial charge in [0.1, 0.15) is 18.9 Å². The van der Waals surface area contributed by atoms with E-state index in [9.17, 15) is 32.7 Å². The predicted octanol–water partition coefficient (Wildman–Crippen LogP) is 2.01. The van der Waals surface area contributed by atoms with Crippen LogP contribution in [0.5, 0.6) is 0 Å². The van der Waals surface area contributed by atoms with Crippen molar-refractivity contribution in [3.05, 3.63) is 81.8 Å². The van der Waals surface area contributed by atoms with Gasteiger partial charge in [-0.25, -0.2) is 19.1 Å². The van der Waals surface area contributed by atoms with Gasteiger partial charge in [0.25, 0.3) is 5.91 Å². The second kappa shape index (κ2) is 11.4. The average Bonchev–Trinajstić information content (AvgIpc) is 3.69. The van der Waals surface area contributed by atoms with Crippen molar-refractivity contribution in [2.75, 3.05) is 6.54 Å². The number of para-hydroxylation sites is 1. The lowest BCUT2D eigenvalue weighted by molar-refractivity contribution is -0.207. The fourth-order valence-electron chi connectivity index (χ4n) is 4.73. The van der Waals surface area contributed by atoms with E-state index in [0.29, 0.717) is 35.7 Å². The Morgan fingerprint density at radius 1 is 1.12 bits per heavy atom. The smallest absolute Gasteiger partial charge is 0.382 e. The highest BCUT2D eigenvalue weighted by molar-refractivity contribution is 6.30. The number of rotatable bonds is 8. The molecule has 0 saturated carbocycles. The quantitative estimate of drug-likeness (QED) is 0.312. The van der Waals surface area contributed by atoms with Gasteiger partial charge in [0.15, 0.2) is 17.8 Å². The average molecular weight is 605 g/mol. The lowest BCUT2D eigenvalue weighted by Crippen LogP contribution is -2.43. The van der Waals surface area contributed by atoms with Crippen molar-refractivity contribution < 1.29 is 27.9 Å². The molecule has 16 heteroatoms. The fourth-order valence-corrected chi connectivity index (χ4v) is 4.86. The third-order valence-corrected chi connectivity index (χ3v) is 7.06. The molecule has 0 radical (unpaired) electrons. The Labute approximate surface area is 240 Å². The summed E-state index contributed by atoms with van der Waals surface area (Å²) in [5.74, 6) is -1.05. The summed E-state index contributed by atoms with van der Waals surface area (Å²) >= 11 is 5.92. The molecule has 1 fully saturated rings. The fraction of sp³-hybridized carbons (Fsp3) is 0.308. The molecule has 2 amide bonds. The highest BCUT2D eigenvalue weighted by atomic mass is 35.5. The van der Waals surface area contributed by atoms with E-state index < -0.39 is 42.4 Å². The zero-order chi connectivity index (χ0) is 30.2. The number of hydrogen-bond donors (Lipinski definition) is 2. The molecule has 0 aliphatic carbocycles. The minimum Gasteiger partial charge on any atom is -0.382 e. The van der Waals surface area contributed by atoms with Gasteiger partial charge >= 0.3 is 11.9 Å². The number of carbonyl (C=O) groups excluding carboxylic acids is 2. The monoisotopic (exact) mass is 604 g/mol. The molecule has 12 nitrogen and oxygen atoms in total. The summed E-state index contributed by atoms with van der Waals surface area (Å²) in [4.78, 5) is 43.9. The lowest BCUT2D eigenvalue weighted by atomic mass is 10.1. The molecule has 5 rings (SSSR count). The van der Waals surface area contributed by atoms with E-state index in [4.69, 9.17) is 17.3 Å². The molecule has 2 aromatic carbocycles. The highest BCUT2D eigenvalue weighted by Gasteiger charge is 2.39. The Bertz CT molecular complexity index is 1680. The number of aliphatic hydroxyl groups is 1. The summed E-state index contributed by atoms with van der Waals surface area (Å²) in [6.45, 7) is -1.04. The van der Waals surface area contributed by atoms with E-state index >= 15 is 0 Å². The molecule has 220 valence electrons. The van der Waals surface area contributed by atoms with Crippen LogP contribution >= 0.6 is 11.6 Å². The summed E-state index contributed by atoms with van der Waals surface area (Å²) in [7, 11) is 0. The molecular formula is C26H24ClF3N8O4. The number of amides is 2. The Morgan fingerprint density at radius 2 is 1.83 bits per heavy atom. The van der Waals surface area contributed by atoms with Gasteiger partial charge in [-0.05, 0) is 49.2 Å². The van der Waals surface area contributed by atoms with E-state index in [-0.39, 0.29) is 23.8 Å². The van der Waals surface area contributed by atoms with E-state index in [1.54, 1.807) is 24.3 Å². The van der Waals surface area contributed by atoms with Gasteiger partial charge in [-0.1, -0.05) is 23.7 Å². The van der Waals surface area contributed by atoms with Crippen LogP contribution in [0.1, 0.15) is 29.0 Å². The third-order valence-electron chi connectivity index (χ3n) is 6.81. The summed E-state index contributed by atoms with van der Waals surface area (Å²) in [5.41, 5.74) is 5.44. The van der Waals surface area contributed by atoms with Gasteiger partial charge < -0.3 is 15.7 Å². The lowest BCUT2D eigenvalue weighted by Gasteiger charge is -2.23. The number of aliphatic hydroxyl groups excluding tert-OH is 1. The highest BCUT2D eigenvalue weighted by Crippen LogP contribution is 2.25. The van der Waals surface area contributed by atoms with E-state index in [2.05, 4.69) is 15.2 Å². The Hall–Kier alpha value is -4.50. The number of nitrogens with two attached hydrogens (primary N) is 1. The molecular weight excluding hydrogens is 581 g/mol. The first kappa shape index (κ1) is 29.0. The number of primary amides is 1. The van der Waals surface area contributed by atoms with E-state index in [0.717, 1.165) is 9.25 Å². The SMILES string of the molecule is NC(=O)[C@@H]1CCCN1C(=O)c1ccccc1-n1cnc(Cn2nc(-c3ccc(Cl)cc3)n(CC(O)C(F)(F)F)c2=O)n1. The number of hydrogen-bond acceptors (Lipinski definition) is 7. The molecule has 42 heavy (non-hydrogen) atoms. The van der Waals surface area contributed by atoms with Gasteiger partial charge in [0.05, 0.1) is 17.8 Å². The summed E-state index contributed by atoms with van der Waals surface area (Å²) in [6, 6.07) is 11.8. The van der Waals surface area contributed by atoms with Crippen molar-refractivity contribution in [1.29, 1.82) is 0 Å². The van der Waals surface area contributed by atoms with Crippen LogP contribution < -0.4 is 11.4 Å². The first-order chi connectivity index (χ1) is 19.9. The largest absolute Gasteiger partial charge is 0.416 e. The summed E-state index contributed by atoms with van der Waals surface area (Å²) in [6.07, 6.45) is -5.36. The van der Waals surface area contributed by atoms with Gasteiger partial charge in [-0.2, -0.15) is 13.2 Å². The Morgan fingerprint density at radius 3 is 2.52 bits per heavy atom. The number of alkyl halides is 3. The van der Waals surface area contributed by atoms with Gasteiger partial charge in [0, 0.05) is 17.1 Å². The maximum absolute atomic E-state index is 13.3. The van der Waals surface area contributed by atoms with Gasteiger partial charge in [-0.3, -0.25) is 14.2 Å². The zero-order valence-corrected chi connectivity index (χ0v) is 22.5. The van der Waals surface area contributed by atoms with Crippen LogP contribution in [0.2, 0.25) is 5.02 Å². The second-order valence-electron chi connectivity index (χ2n) is 9.62. The van der Waals surface area contributed by atoms with Crippen LogP contribution in [0.15, 0.2) is 59.7 Å². The van der Waals surface area contributed by atoms with Crippen LogP contribution in [-0.2, 0) is 17.9 Å². The maximum Gasteiger partial charge on any atom is 0.416 e. The number of nitrogens with zero attached hydrogens (tertiary/aromatic N) is 7. The number of halogens is 4. The molecule has 0 spiro atoms. The van der Waals surface area contributed by atoms with Crippen LogP contribution in [0.3, 0.4) is 0 Å². The van der Waals surface area contributed by atoms with Crippen LogP contribution in [0, 0.1) is 0 Å². The molecule has 1 unspecified atom stereocenters. The Kier molecular flexibility index (Phi) is 7.88. The molecule has 3 heterocycles. The van der Waals surface area contributed by atoms with Crippen molar-refractivity contribution in [3.8, 4) is 17.1 Å². The molecule has 0 bridgehead atoms. The van der Waals surface area contributed by atoms with E-state index in [1.165, 1.54) is 40.2 Å². The molecule has 4 aromatic rings. The van der Waals surface area contributed by atoms with E-state index in [1.807, 2.05) is 0 Å². The minimum absolute atomic E-state index is 0.0687. The van der Waals surface area contributed by atoms with Crippen LogP contribution in [0.4, 0.5) is 13.2 Å². The third kappa shape index (κ3) is 5.78. The summed E-state index contributed by atoms with van der Waals surface area (Å²) in [5, 5.41) is 18.6. The zero-order valence-electron chi connectivity index (χ0n) is 21.8. The van der Waals surface area contributed by atoms with Crippen molar-refractivity contribution >= 4 is 23.4 Å². The normalized spacial score (nSPS) is 16.1. The van der Waals surface area contributed by atoms with Gasteiger partial charge in [-0.15, -0.1) is 10.2 Å². The first-order valence-electron chi connectivity index (χ1n) is 12.7. The number of benzene rings is 2. The number of carbonyl (C=O) groups is 2. The van der Waals surface area contributed by atoms with Crippen molar-refractivity contribution in [1.82, 2.24) is 34.0 Å². The number of aromatic nitrogens is 6. The first-order valence-corrected chi connectivity index (χ1v) is 13.1. The van der Waals surface area contributed by atoms with Crippen LogP contribution in [0.25, 0.3) is 17.1 Å². The van der Waals surface area contributed by atoms with Crippen molar-refractivity contribution in [2.24, 2.45) is 5.73 Å². The number of likely N-dealkylation sites (tertiary alicyclic amines) is 1. The van der Waals surface area contributed by atoms with Gasteiger partial charge in [0.2, 0.25) is 5.91 Å². The van der Waals surface area contributed by atoms with Crippen molar-refractivity contribution in [2.45, 2.75) is 44.3 Å². The van der Waals surface area contributed by atoms with Crippen molar-refractivity contribution in [3.63, 3.8) is 0 Å². The van der Waals surface area contributed by atoms with Crippen LogP contribution in [-0.4, -0.2) is 75.8 Å². The molecule has 1 aliphatic rings. The Balaban J connectivity index is 1.46.